The van der Waals surface area contributed by atoms with Crippen molar-refractivity contribution in [3.8, 4) is 0 Å². The molecule has 0 bridgehead atoms. The van der Waals surface area contributed by atoms with Crippen molar-refractivity contribution < 1.29 is 9.53 Å². The van der Waals surface area contributed by atoms with Crippen molar-refractivity contribution in [2.45, 2.75) is 33.6 Å². The number of hydrogen-bond acceptors (Lipinski definition) is 5. The Kier molecular flexibility index (Phi) is 4.55. The molecule has 2 rings (SSSR count). The van der Waals surface area contributed by atoms with Crippen LogP contribution in [0, 0.1) is 0 Å². The van der Waals surface area contributed by atoms with Crippen LogP contribution in [0.1, 0.15) is 43.1 Å². The number of aryl methyl sites for hydroxylation is 1. The maximum absolute atomic E-state index is 12.0. The fourth-order valence-electron chi connectivity index (χ4n) is 2.00. The molecule has 2 heterocycles. The first-order chi connectivity index (χ1) is 9.72. The van der Waals surface area contributed by atoms with Crippen LogP contribution in [0.4, 0.5) is 5.82 Å². The molecule has 0 saturated carbocycles. The summed E-state index contributed by atoms with van der Waals surface area (Å²) in [4.78, 5) is 16.3. The first-order valence-electron chi connectivity index (χ1n) is 6.99. The van der Waals surface area contributed by atoms with Crippen molar-refractivity contribution in [1.29, 1.82) is 0 Å². The summed E-state index contributed by atoms with van der Waals surface area (Å²) in [6.45, 7) is 7.00. The van der Waals surface area contributed by atoms with Gasteiger partial charge in [-0.2, -0.15) is 9.61 Å². The number of fused-ring (bicyclic) bond motifs is 1. The second-order valence-electron chi connectivity index (χ2n) is 4.43. The summed E-state index contributed by atoms with van der Waals surface area (Å²) in [5.74, 6) is 0.268. The van der Waals surface area contributed by atoms with E-state index in [0.717, 1.165) is 30.6 Å². The van der Waals surface area contributed by atoms with E-state index in [1.165, 1.54) is 0 Å². The van der Waals surface area contributed by atoms with E-state index in [0.29, 0.717) is 18.0 Å². The molecule has 0 unspecified atom stereocenters. The van der Waals surface area contributed by atoms with E-state index in [9.17, 15) is 4.79 Å². The minimum absolute atomic E-state index is 0.337. The van der Waals surface area contributed by atoms with E-state index in [-0.39, 0.29) is 5.97 Å². The van der Waals surface area contributed by atoms with Crippen molar-refractivity contribution in [1.82, 2.24) is 14.6 Å². The molecule has 0 aliphatic rings. The Morgan fingerprint density at radius 3 is 2.80 bits per heavy atom. The van der Waals surface area contributed by atoms with Gasteiger partial charge in [0.25, 0.3) is 0 Å². The molecule has 0 saturated heterocycles. The third-order valence-corrected chi connectivity index (χ3v) is 3.02. The van der Waals surface area contributed by atoms with Crippen LogP contribution in [0.15, 0.2) is 12.4 Å². The van der Waals surface area contributed by atoms with Gasteiger partial charge in [-0.05, 0) is 19.8 Å². The van der Waals surface area contributed by atoms with Crippen LogP contribution in [0.2, 0.25) is 0 Å². The molecule has 108 valence electrons. The summed E-state index contributed by atoms with van der Waals surface area (Å²) < 4.78 is 6.75. The molecule has 0 aliphatic heterocycles. The SMILES string of the molecule is CCCNc1c(C(=O)OCC)cnc2c(CC)cnn12. The van der Waals surface area contributed by atoms with Gasteiger partial charge in [-0.3, -0.25) is 0 Å². The number of hydrogen-bond donors (Lipinski definition) is 1. The minimum atomic E-state index is -0.381. The lowest BCUT2D eigenvalue weighted by Crippen LogP contribution is -2.15. The van der Waals surface area contributed by atoms with Crippen LogP contribution in [-0.2, 0) is 11.2 Å². The number of aromatic nitrogens is 3. The van der Waals surface area contributed by atoms with E-state index in [1.54, 1.807) is 23.8 Å². The molecular weight excluding hydrogens is 256 g/mol. The molecule has 0 atom stereocenters. The highest BCUT2D eigenvalue weighted by Crippen LogP contribution is 2.20. The van der Waals surface area contributed by atoms with Crippen LogP contribution in [0.25, 0.3) is 5.65 Å². The fourth-order valence-corrected chi connectivity index (χ4v) is 2.00. The van der Waals surface area contributed by atoms with Gasteiger partial charge in [0, 0.05) is 18.3 Å². The zero-order chi connectivity index (χ0) is 14.5. The molecule has 6 heteroatoms. The lowest BCUT2D eigenvalue weighted by molar-refractivity contribution is 0.0526. The Balaban J connectivity index is 2.53. The lowest BCUT2D eigenvalue weighted by atomic mass is 10.2. The number of carbonyl (C=O) groups excluding carboxylic acids is 1. The second-order valence-corrected chi connectivity index (χ2v) is 4.43. The Morgan fingerprint density at radius 2 is 2.15 bits per heavy atom. The maximum atomic E-state index is 12.0. The van der Waals surface area contributed by atoms with Crippen molar-refractivity contribution >= 4 is 17.4 Å². The first-order valence-corrected chi connectivity index (χ1v) is 6.99. The highest BCUT2D eigenvalue weighted by molar-refractivity contribution is 5.94. The zero-order valence-corrected chi connectivity index (χ0v) is 12.1. The van der Waals surface area contributed by atoms with E-state index in [2.05, 4.69) is 29.2 Å². The van der Waals surface area contributed by atoms with Crippen molar-refractivity contribution in [2.24, 2.45) is 0 Å². The predicted molar refractivity (Wildman–Crippen MR) is 77.1 cm³/mol. The Labute approximate surface area is 118 Å². The van der Waals surface area contributed by atoms with Gasteiger partial charge in [-0.25, -0.2) is 9.78 Å². The maximum Gasteiger partial charge on any atom is 0.343 e. The smallest absolute Gasteiger partial charge is 0.343 e. The van der Waals surface area contributed by atoms with E-state index >= 15 is 0 Å². The highest BCUT2D eigenvalue weighted by Gasteiger charge is 2.18. The molecule has 1 N–H and O–H groups in total. The molecule has 0 radical (unpaired) electrons. The van der Waals surface area contributed by atoms with Gasteiger partial charge in [0.05, 0.1) is 12.8 Å². The Bertz CT molecular complexity index is 606. The number of ether oxygens (including phenoxy) is 1. The van der Waals surface area contributed by atoms with Gasteiger partial charge >= 0.3 is 5.97 Å². The quantitative estimate of drug-likeness (QED) is 0.820. The van der Waals surface area contributed by atoms with Crippen LogP contribution < -0.4 is 5.32 Å². The van der Waals surface area contributed by atoms with E-state index in [4.69, 9.17) is 4.74 Å². The summed E-state index contributed by atoms with van der Waals surface area (Å²) >= 11 is 0. The van der Waals surface area contributed by atoms with Crippen LogP contribution >= 0.6 is 0 Å². The third-order valence-electron chi connectivity index (χ3n) is 3.02. The van der Waals surface area contributed by atoms with Crippen LogP contribution in [-0.4, -0.2) is 33.7 Å². The lowest BCUT2D eigenvalue weighted by Gasteiger charge is -2.12. The fraction of sp³-hybridized carbons (Fsp3) is 0.500. The Morgan fingerprint density at radius 1 is 1.35 bits per heavy atom. The van der Waals surface area contributed by atoms with Gasteiger partial charge in [-0.15, -0.1) is 0 Å². The minimum Gasteiger partial charge on any atom is -0.462 e. The number of carbonyl (C=O) groups is 1. The zero-order valence-electron chi connectivity index (χ0n) is 12.1. The summed E-state index contributed by atoms with van der Waals surface area (Å²) in [6, 6.07) is 0. The van der Waals surface area contributed by atoms with Crippen molar-refractivity contribution in [2.75, 3.05) is 18.5 Å². The molecule has 0 aromatic carbocycles. The van der Waals surface area contributed by atoms with Crippen molar-refractivity contribution in [3.05, 3.63) is 23.5 Å². The number of nitrogens with one attached hydrogen (secondary N) is 1. The average Bonchev–Trinajstić information content (AvgIpc) is 2.88. The van der Waals surface area contributed by atoms with E-state index in [1.807, 2.05) is 0 Å². The summed E-state index contributed by atoms with van der Waals surface area (Å²) in [7, 11) is 0. The van der Waals surface area contributed by atoms with Gasteiger partial charge < -0.3 is 10.1 Å². The van der Waals surface area contributed by atoms with E-state index < -0.39 is 0 Å². The number of anilines is 1. The summed E-state index contributed by atoms with van der Waals surface area (Å²) in [6.07, 6.45) is 5.15. The second kappa shape index (κ2) is 6.36. The number of rotatable bonds is 6. The highest BCUT2D eigenvalue weighted by atomic mass is 16.5. The number of nitrogens with zero attached hydrogens (tertiary/aromatic N) is 3. The molecule has 6 nitrogen and oxygen atoms in total. The molecule has 0 amide bonds. The molecule has 2 aromatic rings. The Hall–Kier alpha value is -2.11. The standard InChI is InChI=1S/C14H20N4O2/c1-4-7-15-13-11(14(19)20-6-3)9-16-12-10(5-2)8-17-18(12)13/h8-9,15H,4-7H2,1-3H3. The van der Waals surface area contributed by atoms with Crippen LogP contribution in [0.5, 0.6) is 0 Å². The molecule has 2 aromatic heterocycles. The molecule has 0 aliphatic carbocycles. The first kappa shape index (κ1) is 14.3. The summed E-state index contributed by atoms with van der Waals surface area (Å²) in [5.41, 5.74) is 2.25. The average molecular weight is 276 g/mol. The van der Waals surface area contributed by atoms with Gasteiger partial charge in [0.15, 0.2) is 5.65 Å². The molecule has 0 spiro atoms. The monoisotopic (exact) mass is 276 g/mol. The number of esters is 1. The molecular formula is C14H20N4O2. The van der Waals surface area contributed by atoms with Crippen LogP contribution in [0.3, 0.4) is 0 Å². The molecule has 20 heavy (non-hydrogen) atoms. The predicted octanol–water partition coefficient (Wildman–Crippen LogP) is 2.29. The third kappa shape index (κ3) is 2.59. The van der Waals surface area contributed by atoms with Gasteiger partial charge in [-0.1, -0.05) is 13.8 Å². The topological polar surface area (TPSA) is 68.5 Å². The normalized spacial score (nSPS) is 10.8. The molecule has 0 fully saturated rings. The van der Waals surface area contributed by atoms with Crippen molar-refractivity contribution in [3.63, 3.8) is 0 Å². The summed E-state index contributed by atoms with van der Waals surface area (Å²) in [5, 5.41) is 7.57. The van der Waals surface area contributed by atoms with Gasteiger partial charge in [0.1, 0.15) is 11.4 Å². The largest absolute Gasteiger partial charge is 0.462 e. The van der Waals surface area contributed by atoms with Gasteiger partial charge in [0.2, 0.25) is 0 Å².